The summed E-state index contributed by atoms with van der Waals surface area (Å²) >= 11 is 0. The van der Waals surface area contributed by atoms with Crippen LogP contribution in [0.1, 0.15) is 0 Å². The van der Waals surface area contributed by atoms with Crippen LogP contribution in [0, 0.1) is 11.8 Å². The molecule has 1 N–H and O–H groups in total. The molecule has 0 spiro atoms. The molecule has 1 amide bonds. The number of hydrogen-bond donors (Lipinski definition) is 1. The number of benzene rings is 1. The monoisotopic (exact) mass is 301 g/mol. The predicted octanol–water partition coefficient (Wildman–Crippen LogP) is 1.48. The Kier molecular flexibility index (Phi) is 4.42. The van der Waals surface area contributed by atoms with Crippen molar-refractivity contribution in [3.63, 3.8) is 0 Å². The second-order valence-electron chi connectivity index (χ2n) is 3.84. The van der Waals surface area contributed by atoms with Gasteiger partial charge in [-0.25, -0.2) is 0 Å². The van der Waals surface area contributed by atoms with Crippen molar-refractivity contribution in [2.45, 2.75) is 6.18 Å². The highest BCUT2D eigenvalue weighted by atomic mass is 19.4. The zero-order valence-corrected chi connectivity index (χ0v) is 10.6. The number of ether oxygens (including phenoxy) is 3. The Labute approximate surface area is 118 Å². The molecule has 0 aliphatic carbocycles. The van der Waals surface area contributed by atoms with Crippen LogP contribution in [0.5, 0.6) is 17.2 Å². The Morgan fingerprint density at radius 3 is 2.81 bits per heavy atom. The largest absolute Gasteiger partial charge is 0.481 e. The maximum absolute atomic E-state index is 11.8. The highest BCUT2D eigenvalue weighted by Gasteiger charge is 2.38. The second kappa shape index (κ2) is 6.26. The number of nitrogens with one attached hydrogen (secondary N) is 1. The van der Waals surface area contributed by atoms with Gasteiger partial charge in [0.25, 0.3) is 0 Å². The third-order valence-electron chi connectivity index (χ3n) is 2.37. The number of carbonyl (C=O) groups excluding carboxylic acids is 1. The number of hydrogen-bond acceptors (Lipinski definition) is 4. The zero-order valence-electron chi connectivity index (χ0n) is 10.6. The average Bonchev–Trinajstić information content (AvgIpc) is 2.88. The van der Waals surface area contributed by atoms with Crippen molar-refractivity contribution in [1.29, 1.82) is 0 Å². The highest BCUT2D eigenvalue weighted by molar-refractivity contribution is 5.81. The molecule has 21 heavy (non-hydrogen) atoms. The van der Waals surface area contributed by atoms with Crippen molar-refractivity contribution in [2.75, 3.05) is 19.9 Å². The van der Waals surface area contributed by atoms with E-state index in [0.717, 1.165) is 0 Å². The quantitative estimate of drug-likeness (QED) is 0.859. The molecule has 0 unspecified atom stereocenters. The number of rotatable bonds is 3. The minimum atomic E-state index is -4.90. The van der Waals surface area contributed by atoms with Crippen LogP contribution in [-0.2, 0) is 4.79 Å². The number of amides is 1. The first-order valence-electron chi connectivity index (χ1n) is 5.80. The molecule has 1 aromatic carbocycles. The molecule has 0 saturated carbocycles. The van der Waals surface area contributed by atoms with Gasteiger partial charge in [-0.05, 0) is 12.1 Å². The van der Waals surface area contributed by atoms with Gasteiger partial charge in [-0.2, -0.15) is 13.2 Å². The lowest BCUT2D eigenvalue weighted by molar-refractivity contribution is -0.173. The van der Waals surface area contributed by atoms with E-state index in [0.29, 0.717) is 17.2 Å². The second-order valence-corrected chi connectivity index (χ2v) is 3.84. The molecule has 1 aliphatic rings. The van der Waals surface area contributed by atoms with E-state index < -0.39 is 18.6 Å². The molecular formula is C13H10F3NO4. The minimum Gasteiger partial charge on any atom is -0.481 e. The lowest BCUT2D eigenvalue weighted by Crippen LogP contribution is -2.36. The molecule has 1 heterocycles. The van der Waals surface area contributed by atoms with Crippen molar-refractivity contribution < 1.29 is 32.2 Å². The van der Waals surface area contributed by atoms with Crippen molar-refractivity contribution in [2.24, 2.45) is 0 Å². The number of carbonyl (C=O) groups is 1. The molecule has 112 valence electrons. The molecule has 5 nitrogen and oxygen atoms in total. The van der Waals surface area contributed by atoms with Crippen LogP contribution in [0.2, 0.25) is 0 Å². The molecule has 0 aromatic heterocycles. The Morgan fingerprint density at radius 2 is 2.05 bits per heavy atom. The molecule has 2 rings (SSSR count). The van der Waals surface area contributed by atoms with Gasteiger partial charge in [-0.1, -0.05) is 11.8 Å². The van der Waals surface area contributed by atoms with Crippen molar-refractivity contribution >= 4 is 5.91 Å². The van der Waals surface area contributed by atoms with Crippen LogP contribution in [0.3, 0.4) is 0 Å². The van der Waals surface area contributed by atoms with Gasteiger partial charge < -0.3 is 19.5 Å². The molecule has 0 atom stereocenters. The summed E-state index contributed by atoms with van der Waals surface area (Å²) in [5.41, 5.74) is 0. The molecule has 0 fully saturated rings. The minimum absolute atomic E-state index is 0.0263. The standard InChI is InChI=1S/C13H10F3NO4/c14-13(15,16)12(18)17-5-1-2-6-19-9-3-4-10-11(7-9)21-8-20-10/h3-4,7H,5-6,8H2,(H,17,18). The zero-order chi connectivity index (χ0) is 15.3. The Morgan fingerprint density at radius 1 is 1.29 bits per heavy atom. The number of alkyl halides is 3. The van der Waals surface area contributed by atoms with Gasteiger partial charge in [0.15, 0.2) is 11.5 Å². The van der Waals surface area contributed by atoms with Gasteiger partial charge in [-0.3, -0.25) is 4.79 Å². The average molecular weight is 301 g/mol. The summed E-state index contributed by atoms with van der Waals surface area (Å²) in [4.78, 5) is 10.5. The van der Waals surface area contributed by atoms with Crippen molar-refractivity contribution in [3.8, 4) is 29.1 Å². The highest BCUT2D eigenvalue weighted by Crippen LogP contribution is 2.34. The van der Waals surface area contributed by atoms with E-state index in [9.17, 15) is 18.0 Å². The fourth-order valence-corrected chi connectivity index (χ4v) is 1.42. The van der Waals surface area contributed by atoms with E-state index in [1.54, 1.807) is 23.5 Å². The lowest BCUT2D eigenvalue weighted by atomic mass is 10.3. The molecule has 0 saturated heterocycles. The molecule has 0 radical (unpaired) electrons. The smallest absolute Gasteiger partial charge is 0.471 e. The number of halogens is 3. The van der Waals surface area contributed by atoms with Gasteiger partial charge in [0.1, 0.15) is 12.4 Å². The summed E-state index contributed by atoms with van der Waals surface area (Å²) in [5.74, 6) is 4.47. The fraction of sp³-hybridized carbons (Fsp3) is 0.308. The van der Waals surface area contributed by atoms with E-state index >= 15 is 0 Å². The maximum atomic E-state index is 11.8. The fourth-order valence-electron chi connectivity index (χ4n) is 1.42. The summed E-state index contributed by atoms with van der Waals surface area (Å²) in [6, 6.07) is 4.95. The van der Waals surface area contributed by atoms with E-state index in [-0.39, 0.29) is 13.4 Å². The van der Waals surface area contributed by atoms with E-state index in [1.807, 2.05) is 0 Å². The van der Waals surface area contributed by atoms with E-state index in [2.05, 4.69) is 11.8 Å². The van der Waals surface area contributed by atoms with Gasteiger partial charge >= 0.3 is 12.1 Å². The topological polar surface area (TPSA) is 56.8 Å². The molecule has 1 aromatic rings. The van der Waals surface area contributed by atoms with Crippen LogP contribution in [0.25, 0.3) is 0 Å². The normalized spacial score (nSPS) is 12.3. The van der Waals surface area contributed by atoms with Gasteiger partial charge in [0.05, 0.1) is 6.54 Å². The first-order valence-corrected chi connectivity index (χ1v) is 5.80. The van der Waals surface area contributed by atoms with Crippen molar-refractivity contribution in [3.05, 3.63) is 18.2 Å². The Bertz CT molecular complexity index is 589. The van der Waals surface area contributed by atoms with Crippen molar-refractivity contribution in [1.82, 2.24) is 5.32 Å². The van der Waals surface area contributed by atoms with Crippen LogP contribution in [-0.4, -0.2) is 32.0 Å². The van der Waals surface area contributed by atoms with E-state index in [1.165, 1.54) is 0 Å². The van der Waals surface area contributed by atoms with Gasteiger partial charge in [-0.15, -0.1) is 0 Å². The first-order chi connectivity index (χ1) is 9.97. The third kappa shape index (κ3) is 4.21. The summed E-state index contributed by atoms with van der Waals surface area (Å²) < 4.78 is 51.1. The summed E-state index contributed by atoms with van der Waals surface area (Å²) in [6.07, 6.45) is -4.90. The molecule has 0 bridgehead atoms. The molecular weight excluding hydrogens is 291 g/mol. The van der Waals surface area contributed by atoms with E-state index in [4.69, 9.17) is 14.2 Å². The lowest BCUT2D eigenvalue weighted by Gasteiger charge is -2.04. The summed E-state index contributed by atoms with van der Waals surface area (Å²) in [6.45, 7) is -0.276. The van der Waals surface area contributed by atoms with Gasteiger partial charge in [0.2, 0.25) is 6.79 Å². The van der Waals surface area contributed by atoms with Crippen LogP contribution >= 0.6 is 0 Å². The van der Waals surface area contributed by atoms with Crippen LogP contribution < -0.4 is 19.5 Å². The van der Waals surface area contributed by atoms with Gasteiger partial charge in [0, 0.05) is 6.07 Å². The predicted molar refractivity (Wildman–Crippen MR) is 64.9 cm³/mol. The maximum Gasteiger partial charge on any atom is 0.471 e. The third-order valence-corrected chi connectivity index (χ3v) is 2.37. The molecule has 1 aliphatic heterocycles. The Balaban J connectivity index is 1.73. The summed E-state index contributed by atoms with van der Waals surface area (Å²) in [7, 11) is 0. The van der Waals surface area contributed by atoms with Crippen LogP contribution in [0.15, 0.2) is 18.2 Å². The number of fused-ring (bicyclic) bond motifs is 1. The molecule has 8 heteroatoms. The van der Waals surface area contributed by atoms with Crippen LogP contribution in [0.4, 0.5) is 13.2 Å². The summed E-state index contributed by atoms with van der Waals surface area (Å²) in [5, 5.41) is 1.63. The SMILES string of the molecule is O=C(NCC#CCOc1ccc2c(c1)OCO2)C(F)(F)F. The Hall–Kier alpha value is -2.56. The first kappa shape index (κ1) is 14.8.